The van der Waals surface area contributed by atoms with Crippen molar-refractivity contribution in [1.82, 2.24) is 10.6 Å². The average Bonchev–Trinajstić information content (AvgIpc) is 3.09. The molecule has 0 aliphatic carbocycles. The van der Waals surface area contributed by atoms with Gasteiger partial charge in [-0.3, -0.25) is 0 Å². The van der Waals surface area contributed by atoms with Crippen LogP contribution in [0.1, 0.15) is 37.1 Å². The van der Waals surface area contributed by atoms with Gasteiger partial charge < -0.3 is 24.8 Å². The number of ether oxygens (including phenoxy) is 3. The maximum absolute atomic E-state index is 12.3. The van der Waals surface area contributed by atoms with Gasteiger partial charge in [0.25, 0.3) is 0 Å². The van der Waals surface area contributed by atoms with Crippen molar-refractivity contribution in [3.63, 3.8) is 0 Å². The molecule has 2 N–H and O–H groups in total. The van der Waals surface area contributed by atoms with Gasteiger partial charge in [0.2, 0.25) is 6.79 Å². The fourth-order valence-corrected chi connectivity index (χ4v) is 2.72. The van der Waals surface area contributed by atoms with E-state index in [0.29, 0.717) is 11.5 Å². The molecular formula is C19H20F2N2O4. The lowest BCUT2D eigenvalue weighted by Crippen LogP contribution is -2.38. The van der Waals surface area contributed by atoms with E-state index < -0.39 is 6.61 Å². The topological polar surface area (TPSA) is 68.8 Å². The quantitative estimate of drug-likeness (QED) is 0.793. The Hall–Kier alpha value is -3.03. The zero-order valence-electron chi connectivity index (χ0n) is 14.9. The molecule has 0 bridgehead atoms. The summed E-state index contributed by atoms with van der Waals surface area (Å²) in [4.78, 5) is 12.3. The Kier molecular flexibility index (Phi) is 5.63. The van der Waals surface area contributed by atoms with Crippen LogP contribution in [0.2, 0.25) is 0 Å². The summed E-state index contributed by atoms with van der Waals surface area (Å²) in [6, 6.07) is 10.7. The van der Waals surface area contributed by atoms with Crippen molar-refractivity contribution in [3.05, 3.63) is 53.6 Å². The van der Waals surface area contributed by atoms with Crippen LogP contribution in [0, 0.1) is 0 Å². The maximum atomic E-state index is 12.3. The number of urea groups is 1. The van der Waals surface area contributed by atoms with Crippen LogP contribution in [0.4, 0.5) is 13.6 Å². The molecule has 2 amide bonds. The second-order valence-corrected chi connectivity index (χ2v) is 6.12. The summed E-state index contributed by atoms with van der Waals surface area (Å²) in [5, 5.41) is 5.67. The van der Waals surface area contributed by atoms with E-state index in [-0.39, 0.29) is 30.7 Å². The molecule has 2 aromatic carbocycles. The third-order valence-corrected chi connectivity index (χ3v) is 4.20. The van der Waals surface area contributed by atoms with Crippen LogP contribution in [-0.4, -0.2) is 19.4 Å². The highest BCUT2D eigenvalue weighted by molar-refractivity contribution is 5.75. The number of amides is 2. The number of nitrogens with one attached hydrogen (secondary N) is 2. The summed E-state index contributed by atoms with van der Waals surface area (Å²) in [6.45, 7) is 0.987. The molecule has 144 valence electrons. The van der Waals surface area contributed by atoms with Crippen LogP contribution in [0.15, 0.2) is 42.5 Å². The zero-order chi connectivity index (χ0) is 19.4. The number of hydrogen-bond donors (Lipinski definition) is 2. The van der Waals surface area contributed by atoms with Gasteiger partial charge in [0, 0.05) is 0 Å². The normalized spacial score (nSPS) is 14.6. The van der Waals surface area contributed by atoms with Crippen LogP contribution in [0.5, 0.6) is 17.2 Å². The SMILES string of the molecule is CC(NC(=O)NC(C)c1ccc2c(c1)OCO2)c1ccc(OC(F)F)cc1. The first-order valence-electron chi connectivity index (χ1n) is 8.43. The smallest absolute Gasteiger partial charge is 0.387 e. The Labute approximate surface area is 155 Å². The van der Waals surface area contributed by atoms with Gasteiger partial charge in [-0.15, -0.1) is 0 Å². The molecule has 0 fully saturated rings. The van der Waals surface area contributed by atoms with E-state index in [1.165, 1.54) is 12.1 Å². The monoisotopic (exact) mass is 378 g/mol. The molecule has 0 spiro atoms. The van der Waals surface area contributed by atoms with Crippen molar-refractivity contribution in [2.24, 2.45) is 0 Å². The number of fused-ring (bicyclic) bond motifs is 1. The van der Waals surface area contributed by atoms with E-state index in [2.05, 4.69) is 15.4 Å². The van der Waals surface area contributed by atoms with Crippen LogP contribution in [0.3, 0.4) is 0 Å². The third-order valence-electron chi connectivity index (χ3n) is 4.20. The highest BCUT2D eigenvalue weighted by Crippen LogP contribution is 2.34. The van der Waals surface area contributed by atoms with Crippen LogP contribution in [0.25, 0.3) is 0 Å². The van der Waals surface area contributed by atoms with Gasteiger partial charge in [-0.25, -0.2) is 4.79 Å². The second-order valence-electron chi connectivity index (χ2n) is 6.12. The molecule has 6 nitrogen and oxygen atoms in total. The molecule has 2 unspecified atom stereocenters. The van der Waals surface area contributed by atoms with E-state index in [4.69, 9.17) is 9.47 Å². The summed E-state index contributed by atoms with van der Waals surface area (Å²) in [7, 11) is 0. The van der Waals surface area contributed by atoms with Crippen LogP contribution >= 0.6 is 0 Å². The summed E-state index contributed by atoms with van der Waals surface area (Å²) in [6.07, 6.45) is 0. The average molecular weight is 378 g/mol. The highest BCUT2D eigenvalue weighted by Gasteiger charge is 2.18. The van der Waals surface area contributed by atoms with E-state index in [9.17, 15) is 13.6 Å². The highest BCUT2D eigenvalue weighted by atomic mass is 19.3. The van der Waals surface area contributed by atoms with E-state index in [1.807, 2.05) is 19.1 Å². The molecule has 3 rings (SSSR count). The van der Waals surface area contributed by atoms with Gasteiger partial charge >= 0.3 is 12.6 Å². The minimum Gasteiger partial charge on any atom is -0.454 e. The Balaban J connectivity index is 1.55. The molecule has 0 radical (unpaired) electrons. The summed E-state index contributed by atoms with van der Waals surface area (Å²) < 4.78 is 39.3. The van der Waals surface area contributed by atoms with Gasteiger partial charge in [0.05, 0.1) is 12.1 Å². The zero-order valence-corrected chi connectivity index (χ0v) is 14.9. The molecule has 0 saturated carbocycles. The fraction of sp³-hybridized carbons (Fsp3) is 0.316. The Morgan fingerprint density at radius 2 is 1.56 bits per heavy atom. The first-order valence-corrected chi connectivity index (χ1v) is 8.43. The Bertz CT molecular complexity index is 799. The first kappa shape index (κ1) is 18.8. The number of halogens is 2. The van der Waals surface area contributed by atoms with Crippen LogP contribution < -0.4 is 24.8 Å². The lowest BCUT2D eigenvalue weighted by atomic mass is 10.1. The molecule has 0 aromatic heterocycles. The van der Waals surface area contributed by atoms with Crippen LogP contribution in [-0.2, 0) is 0 Å². The number of hydrogen-bond acceptors (Lipinski definition) is 4. The Morgan fingerprint density at radius 1 is 0.963 bits per heavy atom. The van der Waals surface area contributed by atoms with Crippen molar-refractivity contribution in [1.29, 1.82) is 0 Å². The molecule has 1 heterocycles. The van der Waals surface area contributed by atoms with Gasteiger partial charge in [0.1, 0.15) is 5.75 Å². The van der Waals surface area contributed by atoms with Crippen molar-refractivity contribution >= 4 is 6.03 Å². The Morgan fingerprint density at radius 3 is 2.22 bits per heavy atom. The lowest BCUT2D eigenvalue weighted by Gasteiger charge is -2.19. The number of carbonyl (C=O) groups is 1. The molecular weight excluding hydrogens is 358 g/mol. The molecule has 1 aliphatic rings. The van der Waals surface area contributed by atoms with Gasteiger partial charge in [-0.1, -0.05) is 18.2 Å². The number of benzene rings is 2. The summed E-state index contributed by atoms with van der Waals surface area (Å²) in [5.74, 6) is 1.41. The number of alkyl halides is 2. The maximum Gasteiger partial charge on any atom is 0.387 e. The van der Waals surface area contributed by atoms with Gasteiger partial charge in [-0.2, -0.15) is 8.78 Å². The van der Waals surface area contributed by atoms with E-state index in [0.717, 1.165) is 11.1 Å². The fourth-order valence-electron chi connectivity index (χ4n) is 2.72. The molecule has 2 atom stereocenters. The summed E-state index contributed by atoms with van der Waals surface area (Å²) >= 11 is 0. The number of rotatable bonds is 6. The van der Waals surface area contributed by atoms with Crippen molar-refractivity contribution in [2.45, 2.75) is 32.5 Å². The third kappa shape index (κ3) is 4.78. The minimum atomic E-state index is -2.87. The van der Waals surface area contributed by atoms with Crippen molar-refractivity contribution in [2.75, 3.05) is 6.79 Å². The second kappa shape index (κ2) is 8.11. The minimum absolute atomic E-state index is 0.0711. The predicted molar refractivity (Wildman–Crippen MR) is 94.1 cm³/mol. The van der Waals surface area contributed by atoms with Crippen molar-refractivity contribution < 1.29 is 27.8 Å². The molecule has 2 aromatic rings. The lowest BCUT2D eigenvalue weighted by molar-refractivity contribution is -0.0498. The van der Waals surface area contributed by atoms with E-state index >= 15 is 0 Å². The number of carbonyl (C=O) groups excluding carboxylic acids is 1. The molecule has 27 heavy (non-hydrogen) atoms. The predicted octanol–water partition coefficient (Wildman–Crippen LogP) is 4.14. The van der Waals surface area contributed by atoms with Gasteiger partial charge in [-0.05, 0) is 49.2 Å². The standard InChI is InChI=1S/C19H20F2N2O4/c1-11(13-3-6-15(7-4-13)27-18(20)21)22-19(24)23-12(2)14-5-8-16-17(9-14)26-10-25-16/h3-9,11-12,18H,10H2,1-2H3,(H2,22,23,24). The van der Waals surface area contributed by atoms with Gasteiger partial charge in [0.15, 0.2) is 11.5 Å². The van der Waals surface area contributed by atoms with Crippen molar-refractivity contribution in [3.8, 4) is 17.2 Å². The molecule has 1 aliphatic heterocycles. The largest absolute Gasteiger partial charge is 0.454 e. The van der Waals surface area contributed by atoms with E-state index in [1.54, 1.807) is 25.1 Å². The molecule has 0 saturated heterocycles. The summed E-state index contributed by atoms with van der Waals surface area (Å²) in [5.41, 5.74) is 1.65. The molecule has 8 heteroatoms. The first-order chi connectivity index (χ1) is 12.9.